The van der Waals surface area contributed by atoms with Gasteiger partial charge in [-0.1, -0.05) is 35.9 Å². The van der Waals surface area contributed by atoms with E-state index < -0.39 is 0 Å². The van der Waals surface area contributed by atoms with E-state index in [1.807, 2.05) is 24.3 Å². The molecule has 1 heterocycles. The quantitative estimate of drug-likeness (QED) is 0.593. The van der Waals surface area contributed by atoms with E-state index in [9.17, 15) is 4.79 Å². The number of hydrazone groups is 1. The van der Waals surface area contributed by atoms with Gasteiger partial charge in [-0.15, -0.1) is 0 Å². The van der Waals surface area contributed by atoms with Crippen LogP contribution in [0, 0.1) is 0 Å². The van der Waals surface area contributed by atoms with E-state index in [1.54, 1.807) is 37.4 Å². The Morgan fingerprint density at radius 3 is 2.57 bits per heavy atom. The highest BCUT2D eigenvalue weighted by Crippen LogP contribution is 2.14. The molecule has 114 valence electrons. The molecule has 1 N–H and O–H groups in total. The molecule has 0 atom stereocenters. The second-order valence-corrected chi connectivity index (χ2v) is 5.27. The zero-order valence-corrected chi connectivity index (χ0v) is 13.1. The van der Waals surface area contributed by atoms with Gasteiger partial charge in [0.1, 0.15) is 5.69 Å². The van der Waals surface area contributed by atoms with Crippen LogP contribution in [0.15, 0.2) is 59.8 Å². The maximum absolute atomic E-state index is 12.1. The topological polar surface area (TPSA) is 67.2 Å². The predicted molar refractivity (Wildman–Crippen MR) is 90.7 cm³/mol. The van der Waals surface area contributed by atoms with Crippen LogP contribution in [-0.2, 0) is 0 Å². The molecule has 0 saturated carbocycles. The van der Waals surface area contributed by atoms with Gasteiger partial charge in [0.05, 0.1) is 33.5 Å². The molecule has 0 spiro atoms. The highest BCUT2D eigenvalue weighted by molar-refractivity contribution is 6.33. The van der Waals surface area contributed by atoms with E-state index in [0.29, 0.717) is 22.0 Å². The summed E-state index contributed by atoms with van der Waals surface area (Å²) < 4.78 is 0. The Hall–Kier alpha value is -2.79. The molecule has 1 aromatic heterocycles. The number of aromatic nitrogens is 2. The van der Waals surface area contributed by atoms with E-state index in [-0.39, 0.29) is 5.91 Å². The van der Waals surface area contributed by atoms with Crippen molar-refractivity contribution < 1.29 is 4.79 Å². The van der Waals surface area contributed by atoms with Gasteiger partial charge in [-0.2, -0.15) is 5.10 Å². The zero-order chi connectivity index (χ0) is 16.2. The molecule has 0 aliphatic rings. The molecule has 0 unspecified atom stereocenters. The Balaban J connectivity index is 1.81. The van der Waals surface area contributed by atoms with Crippen molar-refractivity contribution >= 4 is 34.3 Å². The number of rotatable bonds is 3. The summed E-state index contributed by atoms with van der Waals surface area (Å²) >= 11 is 5.99. The molecule has 0 fully saturated rings. The molecule has 0 saturated heterocycles. The number of carbonyl (C=O) groups is 1. The van der Waals surface area contributed by atoms with Crippen LogP contribution < -0.4 is 5.43 Å². The lowest BCUT2D eigenvalue weighted by atomic mass is 10.2. The van der Waals surface area contributed by atoms with E-state index in [2.05, 4.69) is 20.5 Å². The van der Waals surface area contributed by atoms with Gasteiger partial charge in [-0.05, 0) is 31.2 Å². The van der Waals surface area contributed by atoms with Crippen molar-refractivity contribution in [3.8, 4) is 0 Å². The summed E-state index contributed by atoms with van der Waals surface area (Å²) in [6.45, 7) is 1.76. The number of halogens is 1. The third-order valence-corrected chi connectivity index (χ3v) is 3.59. The Labute approximate surface area is 138 Å². The fraction of sp³-hybridized carbons (Fsp3) is 0.0588. The number of para-hydroxylation sites is 2. The summed E-state index contributed by atoms with van der Waals surface area (Å²) in [7, 11) is 0. The van der Waals surface area contributed by atoms with Crippen molar-refractivity contribution in [2.45, 2.75) is 6.92 Å². The Morgan fingerprint density at radius 1 is 1.09 bits per heavy atom. The average molecular weight is 325 g/mol. The van der Waals surface area contributed by atoms with Gasteiger partial charge in [0.15, 0.2) is 0 Å². The monoisotopic (exact) mass is 324 g/mol. The molecule has 3 aromatic rings. The lowest BCUT2D eigenvalue weighted by Crippen LogP contribution is -2.20. The summed E-state index contributed by atoms with van der Waals surface area (Å²) in [5.41, 5.74) is 5.60. The standard InChI is InChI=1S/C17H13ClN4O/c1-11(16-10-19-14-8-4-5-9-15(14)20-16)21-22-17(23)12-6-2-3-7-13(12)18/h2-10H,1H3,(H,22,23)/b21-11-. The molecular weight excluding hydrogens is 312 g/mol. The van der Waals surface area contributed by atoms with Crippen molar-refractivity contribution in [1.82, 2.24) is 15.4 Å². The Kier molecular flexibility index (Phi) is 4.30. The van der Waals surface area contributed by atoms with Gasteiger partial charge in [0.25, 0.3) is 5.91 Å². The number of fused-ring (bicyclic) bond motifs is 1. The number of nitrogens with one attached hydrogen (secondary N) is 1. The fourth-order valence-electron chi connectivity index (χ4n) is 2.03. The van der Waals surface area contributed by atoms with Crippen molar-refractivity contribution in [3.05, 3.63) is 71.0 Å². The first-order valence-electron chi connectivity index (χ1n) is 6.96. The van der Waals surface area contributed by atoms with Gasteiger partial charge in [-0.25, -0.2) is 10.4 Å². The summed E-state index contributed by atoms with van der Waals surface area (Å²) in [5.74, 6) is -0.372. The highest BCUT2D eigenvalue weighted by atomic mass is 35.5. The van der Waals surface area contributed by atoms with Crippen molar-refractivity contribution in [2.75, 3.05) is 0 Å². The number of amides is 1. The molecule has 0 bridgehead atoms. The predicted octanol–water partition coefficient (Wildman–Crippen LogP) is 3.44. The molecular formula is C17H13ClN4O. The number of nitrogens with zero attached hydrogens (tertiary/aromatic N) is 3. The normalized spacial score (nSPS) is 11.5. The number of benzene rings is 2. The summed E-state index contributed by atoms with van der Waals surface area (Å²) in [6, 6.07) is 14.4. The molecule has 0 aliphatic carbocycles. The molecule has 3 rings (SSSR count). The Morgan fingerprint density at radius 2 is 1.78 bits per heavy atom. The van der Waals surface area contributed by atoms with E-state index in [1.165, 1.54) is 0 Å². The van der Waals surface area contributed by atoms with Crippen LogP contribution in [0.4, 0.5) is 0 Å². The van der Waals surface area contributed by atoms with E-state index in [4.69, 9.17) is 11.6 Å². The number of hydrogen-bond donors (Lipinski definition) is 1. The lowest BCUT2D eigenvalue weighted by molar-refractivity contribution is 0.0955. The van der Waals surface area contributed by atoms with Crippen molar-refractivity contribution in [2.24, 2.45) is 5.10 Å². The third-order valence-electron chi connectivity index (χ3n) is 3.26. The summed E-state index contributed by atoms with van der Waals surface area (Å²) in [6.07, 6.45) is 1.63. The van der Waals surface area contributed by atoms with Gasteiger partial charge < -0.3 is 0 Å². The zero-order valence-electron chi connectivity index (χ0n) is 12.3. The molecule has 2 aromatic carbocycles. The fourth-order valence-corrected chi connectivity index (χ4v) is 2.25. The first kappa shape index (κ1) is 15.1. The number of carbonyl (C=O) groups excluding carboxylic acids is 1. The molecule has 0 aliphatic heterocycles. The lowest BCUT2D eigenvalue weighted by Gasteiger charge is -2.04. The van der Waals surface area contributed by atoms with Crippen molar-refractivity contribution in [1.29, 1.82) is 0 Å². The molecule has 0 radical (unpaired) electrons. The average Bonchev–Trinajstić information content (AvgIpc) is 2.59. The second kappa shape index (κ2) is 6.54. The van der Waals surface area contributed by atoms with Crippen LogP contribution >= 0.6 is 11.6 Å². The molecule has 23 heavy (non-hydrogen) atoms. The summed E-state index contributed by atoms with van der Waals surface area (Å²) in [5, 5.41) is 4.45. The van der Waals surface area contributed by atoms with Crippen LogP contribution in [0.2, 0.25) is 5.02 Å². The SMILES string of the molecule is C/C(=N/NC(=O)c1ccccc1Cl)c1cnc2ccccc2n1. The minimum absolute atomic E-state index is 0.371. The van der Waals surface area contributed by atoms with Crippen LogP contribution in [0.1, 0.15) is 23.0 Å². The number of hydrogen-bond acceptors (Lipinski definition) is 4. The van der Waals surface area contributed by atoms with E-state index in [0.717, 1.165) is 11.0 Å². The van der Waals surface area contributed by atoms with Crippen LogP contribution in [0.5, 0.6) is 0 Å². The van der Waals surface area contributed by atoms with Crippen LogP contribution in [0.25, 0.3) is 11.0 Å². The van der Waals surface area contributed by atoms with Gasteiger partial charge in [-0.3, -0.25) is 9.78 Å². The third kappa shape index (κ3) is 3.35. The van der Waals surface area contributed by atoms with Gasteiger partial charge in [0.2, 0.25) is 0 Å². The Bertz CT molecular complexity index is 908. The van der Waals surface area contributed by atoms with Gasteiger partial charge >= 0.3 is 0 Å². The molecule has 5 nitrogen and oxygen atoms in total. The second-order valence-electron chi connectivity index (χ2n) is 4.86. The largest absolute Gasteiger partial charge is 0.272 e. The smallest absolute Gasteiger partial charge is 0.267 e. The molecule has 1 amide bonds. The van der Waals surface area contributed by atoms with Crippen molar-refractivity contribution in [3.63, 3.8) is 0 Å². The molecule has 6 heteroatoms. The first-order chi connectivity index (χ1) is 11.1. The minimum atomic E-state index is -0.372. The maximum atomic E-state index is 12.1. The van der Waals surface area contributed by atoms with Crippen LogP contribution in [0.3, 0.4) is 0 Å². The van der Waals surface area contributed by atoms with E-state index >= 15 is 0 Å². The maximum Gasteiger partial charge on any atom is 0.272 e. The summed E-state index contributed by atoms with van der Waals surface area (Å²) in [4.78, 5) is 20.9. The first-order valence-corrected chi connectivity index (χ1v) is 7.34. The van der Waals surface area contributed by atoms with Gasteiger partial charge in [0, 0.05) is 0 Å². The van der Waals surface area contributed by atoms with Crippen LogP contribution in [-0.4, -0.2) is 21.6 Å². The highest BCUT2D eigenvalue weighted by Gasteiger charge is 2.09. The minimum Gasteiger partial charge on any atom is -0.267 e.